The minimum Gasteiger partial charge on any atom is -0.296 e. The molecule has 0 aliphatic carbocycles. The van der Waals surface area contributed by atoms with Crippen LogP contribution >= 0.6 is 0 Å². The minimum atomic E-state index is 0.871. The van der Waals surface area contributed by atoms with Crippen molar-refractivity contribution in [2.24, 2.45) is 0 Å². The predicted octanol–water partition coefficient (Wildman–Crippen LogP) is 11.4. The molecule has 3 nitrogen and oxygen atoms in total. The van der Waals surface area contributed by atoms with Gasteiger partial charge in [0.25, 0.3) is 0 Å². The minimum absolute atomic E-state index is 0.871. The number of hydrogen-bond acceptors (Lipinski definition) is 2. The first-order valence-corrected chi connectivity index (χ1v) is 16.2. The van der Waals surface area contributed by atoms with Crippen molar-refractivity contribution in [3.8, 4) is 39.1 Å². The first-order chi connectivity index (χ1) is 23.3. The summed E-state index contributed by atoms with van der Waals surface area (Å²) in [4.78, 5) is 9.27. The number of fused-ring (bicyclic) bond motifs is 4. The van der Waals surface area contributed by atoms with Gasteiger partial charge in [0.05, 0.1) is 11.0 Å². The summed E-state index contributed by atoms with van der Waals surface area (Å²) in [7, 11) is 0. The zero-order valence-electron chi connectivity index (χ0n) is 26.1. The van der Waals surface area contributed by atoms with Crippen LogP contribution in [0.2, 0.25) is 0 Å². The summed E-state index contributed by atoms with van der Waals surface area (Å²) >= 11 is 0. The van der Waals surface area contributed by atoms with Crippen LogP contribution in [0, 0.1) is 0 Å². The van der Waals surface area contributed by atoms with E-state index in [1.807, 2.05) is 18.5 Å². The molecular weight excluding hydrogens is 571 g/mol. The zero-order valence-corrected chi connectivity index (χ0v) is 26.1. The maximum Gasteiger partial charge on any atom is 0.114 e. The van der Waals surface area contributed by atoms with Gasteiger partial charge in [0.2, 0.25) is 0 Å². The molecule has 0 atom stereocenters. The average molecular weight is 602 g/mol. The van der Waals surface area contributed by atoms with Gasteiger partial charge in [-0.1, -0.05) is 110 Å². The molecule has 0 saturated carbocycles. The van der Waals surface area contributed by atoms with Crippen LogP contribution in [0.4, 0.5) is 0 Å². The van der Waals surface area contributed by atoms with Crippen LogP contribution in [0.3, 0.4) is 0 Å². The number of pyridine rings is 1. The van der Waals surface area contributed by atoms with Crippen molar-refractivity contribution < 1.29 is 0 Å². The molecular formula is C44H31N3. The van der Waals surface area contributed by atoms with Gasteiger partial charge < -0.3 is 0 Å². The van der Waals surface area contributed by atoms with Crippen LogP contribution in [0.15, 0.2) is 158 Å². The highest BCUT2D eigenvalue weighted by atomic mass is 15.1. The smallest absolute Gasteiger partial charge is 0.114 e. The highest BCUT2D eigenvalue weighted by molar-refractivity contribution is 6.21. The first kappa shape index (κ1) is 27.3. The van der Waals surface area contributed by atoms with Crippen molar-refractivity contribution in [1.82, 2.24) is 14.5 Å². The van der Waals surface area contributed by atoms with Gasteiger partial charge in [-0.2, -0.15) is 0 Å². The van der Waals surface area contributed by atoms with Crippen LogP contribution in [0.25, 0.3) is 82.4 Å². The van der Waals surface area contributed by atoms with Crippen molar-refractivity contribution in [3.05, 3.63) is 164 Å². The van der Waals surface area contributed by atoms with E-state index in [2.05, 4.69) is 156 Å². The number of nitrogens with zero attached hydrogens (tertiary/aromatic N) is 3. The quantitative estimate of drug-likeness (QED) is 0.184. The molecule has 7 aromatic carbocycles. The SMILES string of the molecule is CCc1nc2ccccc2n1-c1ccc2cc(-c3c4ccccc4c(-c4cccc(-c5cccnc5)c4)c4ccccc34)ccc2c1. The lowest BCUT2D eigenvalue weighted by Crippen LogP contribution is -2.00. The lowest BCUT2D eigenvalue weighted by Gasteiger charge is -2.18. The van der Waals surface area contributed by atoms with E-state index in [1.165, 1.54) is 54.6 Å². The van der Waals surface area contributed by atoms with Crippen LogP contribution in [-0.4, -0.2) is 14.5 Å². The van der Waals surface area contributed by atoms with E-state index in [0.717, 1.165) is 40.1 Å². The molecule has 0 fully saturated rings. The Balaban J connectivity index is 1.23. The number of hydrogen-bond donors (Lipinski definition) is 0. The lowest BCUT2D eigenvalue weighted by atomic mass is 9.85. The van der Waals surface area contributed by atoms with Crippen LogP contribution in [0.5, 0.6) is 0 Å². The van der Waals surface area contributed by atoms with Crippen molar-refractivity contribution in [2.45, 2.75) is 13.3 Å². The largest absolute Gasteiger partial charge is 0.296 e. The normalized spacial score (nSPS) is 11.6. The Kier molecular flexibility index (Phi) is 6.43. The lowest BCUT2D eigenvalue weighted by molar-refractivity contribution is 0.909. The third kappa shape index (κ3) is 4.51. The molecule has 0 radical (unpaired) electrons. The second-order valence-corrected chi connectivity index (χ2v) is 12.1. The molecule has 0 unspecified atom stereocenters. The third-order valence-electron chi connectivity index (χ3n) is 9.39. The Morgan fingerprint density at radius 2 is 1.13 bits per heavy atom. The van der Waals surface area contributed by atoms with E-state index >= 15 is 0 Å². The fourth-order valence-corrected chi connectivity index (χ4v) is 7.27. The Hall–Kier alpha value is -6.06. The van der Waals surface area contributed by atoms with Crippen molar-refractivity contribution in [2.75, 3.05) is 0 Å². The van der Waals surface area contributed by atoms with Crippen molar-refractivity contribution in [1.29, 1.82) is 0 Å². The van der Waals surface area contributed by atoms with E-state index in [9.17, 15) is 0 Å². The topological polar surface area (TPSA) is 30.7 Å². The van der Waals surface area contributed by atoms with E-state index in [1.54, 1.807) is 0 Å². The number of rotatable bonds is 5. The molecule has 0 spiro atoms. The fraction of sp³-hybridized carbons (Fsp3) is 0.0455. The number of benzene rings is 7. The molecule has 47 heavy (non-hydrogen) atoms. The van der Waals surface area contributed by atoms with Gasteiger partial charge in [-0.05, 0) is 103 Å². The maximum absolute atomic E-state index is 4.91. The summed E-state index contributed by atoms with van der Waals surface area (Å²) in [6.45, 7) is 2.17. The van der Waals surface area contributed by atoms with Crippen LogP contribution in [-0.2, 0) is 6.42 Å². The summed E-state index contributed by atoms with van der Waals surface area (Å²) in [5.41, 5.74) is 10.5. The van der Waals surface area contributed by atoms with Crippen LogP contribution in [0.1, 0.15) is 12.7 Å². The standard InChI is InChI=1S/C44H31N3/c1-2-42-46-40-18-7-8-19-41(40)47(42)35-23-22-30-26-33(21-20-31(30)27-35)44-38-16-5-3-14-36(38)43(37-15-4-6-17-39(37)44)32-12-9-11-29(25-32)34-13-10-24-45-28-34/h3-28H,2H2,1H3. The summed E-state index contributed by atoms with van der Waals surface area (Å²) < 4.78 is 2.30. The number of aromatic nitrogens is 3. The molecule has 0 aliphatic heterocycles. The van der Waals surface area contributed by atoms with Gasteiger partial charge in [0.15, 0.2) is 0 Å². The van der Waals surface area contributed by atoms with E-state index in [4.69, 9.17) is 4.98 Å². The maximum atomic E-state index is 4.91. The Morgan fingerprint density at radius 1 is 0.511 bits per heavy atom. The Bertz CT molecular complexity index is 2560. The predicted molar refractivity (Wildman–Crippen MR) is 197 cm³/mol. The third-order valence-corrected chi connectivity index (χ3v) is 9.39. The Morgan fingerprint density at radius 3 is 1.83 bits per heavy atom. The number of imidazole rings is 1. The Labute approximate surface area is 273 Å². The molecule has 9 aromatic rings. The zero-order chi connectivity index (χ0) is 31.3. The van der Waals surface area contributed by atoms with Crippen molar-refractivity contribution in [3.63, 3.8) is 0 Å². The average Bonchev–Trinajstić information content (AvgIpc) is 3.52. The molecule has 2 aromatic heterocycles. The highest BCUT2D eigenvalue weighted by Crippen LogP contribution is 2.44. The molecule has 222 valence electrons. The molecule has 0 amide bonds. The van der Waals surface area contributed by atoms with Gasteiger partial charge in [-0.25, -0.2) is 4.98 Å². The molecule has 0 bridgehead atoms. The first-order valence-electron chi connectivity index (χ1n) is 16.2. The van der Waals surface area contributed by atoms with Gasteiger partial charge in [-0.3, -0.25) is 9.55 Å². The summed E-state index contributed by atoms with van der Waals surface area (Å²) in [5, 5.41) is 7.43. The molecule has 2 heterocycles. The molecule has 0 N–H and O–H groups in total. The number of aryl methyl sites for hydroxylation is 1. The van der Waals surface area contributed by atoms with Crippen LogP contribution < -0.4 is 0 Å². The van der Waals surface area contributed by atoms with E-state index < -0.39 is 0 Å². The monoisotopic (exact) mass is 601 g/mol. The van der Waals surface area contributed by atoms with Gasteiger partial charge in [-0.15, -0.1) is 0 Å². The number of para-hydroxylation sites is 2. The molecule has 3 heteroatoms. The second-order valence-electron chi connectivity index (χ2n) is 12.1. The summed E-state index contributed by atoms with van der Waals surface area (Å²) in [6, 6.07) is 52.8. The summed E-state index contributed by atoms with van der Waals surface area (Å²) in [6.07, 6.45) is 4.62. The highest BCUT2D eigenvalue weighted by Gasteiger charge is 2.18. The van der Waals surface area contributed by atoms with Gasteiger partial charge >= 0.3 is 0 Å². The molecule has 0 saturated heterocycles. The molecule has 0 aliphatic rings. The fourth-order valence-electron chi connectivity index (χ4n) is 7.27. The van der Waals surface area contributed by atoms with Gasteiger partial charge in [0.1, 0.15) is 5.82 Å². The van der Waals surface area contributed by atoms with E-state index in [-0.39, 0.29) is 0 Å². The molecule has 9 rings (SSSR count). The van der Waals surface area contributed by atoms with E-state index in [0.29, 0.717) is 0 Å². The summed E-state index contributed by atoms with van der Waals surface area (Å²) in [5.74, 6) is 1.08. The van der Waals surface area contributed by atoms with Crippen molar-refractivity contribution >= 4 is 43.4 Å². The van der Waals surface area contributed by atoms with Gasteiger partial charge in [0, 0.05) is 30.1 Å². The second kappa shape index (κ2) is 11.1.